The highest BCUT2D eigenvalue weighted by Gasteiger charge is 2.19. The van der Waals surface area contributed by atoms with Crippen LogP contribution in [0.5, 0.6) is 0 Å². The van der Waals surface area contributed by atoms with Gasteiger partial charge in [0.05, 0.1) is 6.42 Å². The third kappa shape index (κ3) is 7.32. The number of carbonyl (C=O) groups is 1. The summed E-state index contributed by atoms with van der Waals surface area (Å²) in [5.41, 5.74) is 3.34. The smallest absolute Gasteiger partial charge is 0.231 e. The molecule has 3 heterocycles. The number of carbonyl (C=O) groups excluding carboxylic acids is 1. The van der Waals surface area contributed by atoms with E-state index >= 15 is 0 Å². The van der Waals surface area contributed by atoms with Gasteiger partial charge >= 0.3 is 0 Å². The predicted octanol–water partition coefficient (Wildman–Crippen LogP) is 4.14. The van der Waals surface area contributed by atoms with Crippen molar-refractivity contribution in [1.29, 1.82) is 0 Å². The number of likely N-dealkylation sites (N-methyl/N-ethyl adjacent to an activating group) is 1. The molecule has 1 saturated heterocycles. The predicted molar refractivity (Wildman–Crippen MR) is 155 cm³/mol. The number of aromatic amines is 1. The van der Waals surface area contributed by atoms with Crippen LogP contribution in [0.3, 0.4) is 0 Å². The van der Waals surface area contributed by atoms with Crippen LogP contribution in [-0.2, 0) is 17.8 Å². The summed E-state index contributed by atoms with van der Waals surface area (Å²) in [6.45, 7) is 9.21. The number of amides is 1. The molecule has 1 amide bonds. The number of rotatable bonds is 10. The Bertz CT molecular complexity index is 1430. The highest BCUT2D eigenvalue weighted by Crippen LogP contribution is 2.24. The number of aromatic nitrogens is 4. The van der Waals surface area contributed by atoms with Crippen molar-refractivity contribution in [2.24, 2.45) is 0 Å². The SMILES string of the molecule is CCN1CCN(c2cc(Nc3cc(C)[nH]n3)nc(Nc3ccc(CC(=O)NCc4cccc(F)c4)cc3)n2)CC1. The van der Waals surface area contributed by atoms with Crippen LogP contribution in [0.15, 0.2) is 60.7 Å². The maximum absolute atomic E-state index is 13.4. The van der Waals surface area contributed by atoms with E-state index in [0.29, 0.717) is 17.6 Å². The van der Waals surface area contributed by atoms with Crippen molar-refractivity contribution in [3.8, 4) is 0 Å². The molecule has 4 N–H and O–H groups in total. The van der Waals surface area contributed by atoms with Gasteiger partial charge in [-0.3, -0.25) is 9.89 Å². The minimum atomic E-state index is -0.317. The largest absolute Gasteiger partial charge is 0.354 e. The van der Waals surface area contributed by atoms with Crippen molar-refractivity contribution >= 4 is 35.0 Å². The van der Waals surface area contributed by atoms with Gasteiger partial charge in [-0.2, -0.15) is 15.1 Å². The van der Waals surface area contributed by atoms with Gasteiger partial charge < -0.3 is 25.8 Å². The molecule has 0 spiro atoms. The number of aryl methyl sites for hydroxylation is 1. The molecule has 0 radical (unpaired) electrons. The number of piperazine rings is 1. The lowest BCUT2D eigenvalue weighted by Crippen LogP contribution is -2.46. The number of benzene rings is 2. The molecule has 5 rings (SSSR count). The lowest BCUT2D eigenvalue weighted by Gasteiger charge is -2.34. The minimum absolute atomic E-state index is 0.131. The monoisotopic (exact) mass is 543 g/mol. The van der Waals surface area contributed by atoms with E-state index in [1.165, 1.54) is 12.1 Å². The van der Waals surface area contributed by atoms with E-state index in [4.69, 9.17) is 4.98 Å². The molecule has 0 bridgehead atoms. The minimum Gasteiger partial charge on any atom is -0.354 e. The third-order valence-corrected chi connectivity index (χ3v) is 6.77. The number of hydrogen-bond donors (Lipinski definition) is 4. The van der Waals surface area contributed by atoms with E-state index in [1.807, 2.05) is 43.3 Å². The van der Waals surface area contributed by atoms with Crippen molar-refractivity contribution in [1.82, 2.24) is 30.4 Å². The molecule has 11 heteroatoms. The van der Waals surface area contributed by atoms with Gasteiger partial charge in [-0.25, -0.2) is 4.39 Å². The normalized spacial score (nSPS) is 13.7. The molecule has 0 unspecified atom stereocenters. The van der Waals surface area contributed by atoms with Crippen molar-refractivity contribution in [2.45, 2.75) is 26.8 Å². The zero-order chi connectivity index (χ0) is 27.9. The first-order valence-electron chi connectivity index (χ1n) is 13.5. The molecule has 4 aromatic rings. The lowest BCUT2D eigenvalue weighted by atomic mass is 10.1. The standard InChI is InChI=1S/C29H34FN9O/c1-3-38-11-13-39(14-12-38)27-18-25(33-26-15-20(2)36-37-26)34-29(35-27)32-24-9-7-21(8-10-24)17-28(40)31-19-22-5-4-6-23(30)16-22/h4-10,15-16,18H,3,11-14,17,19H2,1-2H3,(H,31,40)(H3,32,33,34,35,36,37). The first kappa shape index (κ1) is 27.1. The number of anilines is 5. The molecule has 208 valence electrons. The van der Waals surface area contributed by atoms with Crippen molar-refractivity contribution in [2.75, 3.05) is 48.3 Å². The molecule has 1 aliphatic heterocycles. The Labute approximate surface area is 233 Å². The first-order chi connectivity index (χ1) is 19.4. The maximum atomic E-state index is 13.4. The highest BCUT2D eigenvalue weighted by atomic mass is 19.1. The number of H-pyrrole nitrogens is 1. The van der Waals surface area contributed by atoms with Crippen molar-refractivity contribution in [3.63, 3.8) is 0 Å². The van der Waals surface area contributed by atoms with E-state index in [2.05, 4.69) is 47.9 Å². The summed E-state index contributed by atoms with van der Waals surface area (Å²) in [4.78, 5) is 26.6. The van der Waals surface area contributed by atoms with Gasteiger partial charge in [-0.15, -0.1) is 0 Å². The first-order valence-corrected chi connectivity index (χ1v) is 13.5. The van der Waals surface area contributed by atoms with Crippen molar-refractivity contribution < 1.29 is 9.18 Å². The number of nitrogens with zero attached hydrogens (tertiary/aromatic N) is 5. The number of hydrogen-bond acceptors (Lipinski definition) is 8. The molecule has 10 nitrogen and oxygen atoms in total. The topological polar surface area (TPSA) is 114 Å². The maximum Gasteiger partial charge on any atom is 0.231 e. The molecular weight excluding hydrogens is 509 g/mol. The van der Waals surface area contributed by atoms with Crippen molar-refractivity contribution in [3.05, 3.63) is 83.3 Å². The Balaban J connectivity index is 1.25. The molecule has 0 saturated carbocycles. The fourth-order valence-corrected chi connectivity index (χ4v) is 4.55. The van der Waals surface area contributed by atoms with E-state index in [9.17, 15) is 9.18 Å². The van der Waals surface area contributed by atoms with Gasteiger partial charge in [-0.1, -0.05) is 31.2 Å². The summed E-state index contributed by atoms with van der Waals surface area (Å²) < 4.78 is 13.4. The van der Waals surface area contributed by atoms with Crippen LogP contribution < -0.4 is 20.9 Å². The second-order valence-electron chi connectivity index (χ2n) is 9.82. The van der Waals surface area contributed by atoms with E-state index in [0.717, 1.165) is 61.0 Å². The van der Waals surface area contributed by atoms with Crippen LogP contribution >= 0.6 is 0 Å². The molecule has 40 heavy (non-hydrogen) atoms. The summed E-state index contributed by atoms with van der Waals surface area (Å²) in [7, 11) is 0. The second kappa shape index (κ2) is 12.6. The Morgan fingerprint density at radius 2 is 1.75 bits per heavy atom. The average Bonchev–Trinajstić information content (AvgIpc) is 3.37. The third-order valence-electron chi connectivity index (χ3n) is 6.77. The van der Waals surface area contributed by atoms with Gasteiger partial charge in [-0.05, 0) is 48.9 Å². The van der Waals surface area contributed by atoms with E-state index < -0.39 is 0 Å². The zero-order valence-corrected chi connectivity index (χ0v) is 22.7. The number of halogens is 1. The zero-order valence-electron chi connectivity index (χ0n) is 22.7. The van der Waals surface area contributed by atoms with Gasteiger partial charge in [0, 0.05) is 56.2 Å². The van der Waals surface area contributed by atoms with Gasteiger partial charge in [0.25, 0.3) is 0 Å². The summed E-state index contributed by atoms with van der Waals surface area (Å²) >= 11 is 0. The summed E-state index contributed by atoms with van der Waals surface area (Å²) in [6.07, 6.45) is 0.225. The van der Waals surface area contributed by atoms with Gasteiger partial charge in [0.2, 0.25) is 11.9 Å². The molecule has 2 aromatic heterocycles. The van der Waals surface area contributed by atoms with Crippen LogP contribution in [0.4, 0.5) is 33.5 Å². The highest BCUT2D eigenvalue weighted by molar-refractivity contribution is 5.78. The molecule has 0 aliphatic carbocycles. The van der Waals surface area contributed by atoms with Crippen LogP contribution in [-0.4, -0.2) is 63.7 Å². The summed E-state index contributed by atoms with van der Waals surface area (Å²) in [5, 5.41) is 16.6. The summed E-state index contributed by atoms with van der Waals surface area (Å²) in [5.74, 6) is 2.18. The van der Waals surface area contributed by atoms with Gasteiger partial charge in [0.1, 0.15) is 17.5 Å². The number of nitrogens with one attached hydrogen (secondary N) is 4. The summed E-state index contributed by atoms with van der Waals surface area (Å²) in [6, 6.07) is 17.7. The van der Waals surface area contributed by atoms with Crippen LogP contribution in [0.25, 0.3) is 0 Å². The van der Waals surface area contributed by atoms with Crippen LogP contribution in [0.1, 0.15) is 23.7 Å². The molecule has 0 atom stereocenters. The molecule has 2 aromatic carbocycles. The quantitative estimate of drug-likeness (QED) is 0.236. The molecule has 1 aliphatic rings. The van der Waals surface area contributed by atoms with E-state index in [-0.39, 0.29) is 24.7 Å². The Kier molecular flexibility index (Phi) is 8.50. The van der Waals surface area contributed by atoms with E-state index in [1.54, 1.807) is 12.1 Å². The Morgan fingerprint density at radius 1 is 0.950 bits per heavy atom. The Morgan fingerprint density at radius 3 is 2.45 bits per heavy atom. The Hall–Kier alpha value is -4.51. The lowest BCUT2D eigenvalue weighted by molar-refractivity contribution is -0.120. The second-order valence-corrected chi connectivity index (χ2v) is 9.82. The average molecular weight is 544 g/mol. The molecular formula is C29H34FN9O. The fraction of sp³-hybridized carbons (Fsp3) is 0.310. The van der Waals surface area contributed by atoms with Crippen LogP contribution in [0.2, 0.25) is 0 Å². The van der Waals surface area contributed by atoms with Crippen LogP contribution in [0, 0.1) is 12.7 Å². The molecule has 1 fully saturated rings. The fourth-order valence-electron chi connectivity index (χ4n) is 4.55. The van der Waals surface area contributed by atoms with Gasteiger partial charge in [0.15, 0.2) is 5.82 Å².